The zero-order valence-electron chi connectivity index (χ0n) is 12.2. The van der Waals surface area contributed by atoms with E-state index >= 15 is 0 Å². The third-order valence-corrected chi connectivity index (χ3v) is 3.67. The van der Waals surface area contributed by atoms with E-state index in [2.05, 4.69) is 10.4 Å². The lowest BCUT2D eigenvalue weighted by molar-refractivity contribution is -0.141. The highest BCUT2D eigenvalue weighted by atomic mass is 19.4. The van der Waals surface area contributed by atoms with Gasteiger partial charge in [0.05, 0.1) is 0 Å². The van der Waals surface area contributed by atoms with Crippen molar-refractivity contribution in [2.45, 2.75) is 64.2 Å². The Hall–Kier alpha value is -1.53. The van der Waals surface area contributed by atoms with Crippen molar-refractivity contribution in [1.82, 2.24) is 15.1 Å². The van der Waals surface area contributed by atoms with Crippen molar-refractivity contribution in [2.75, 3.05) is 0 Å². The van der Waals surface area contributed by atoms with Gasteiger partial charge in [-0.3, -0.25) is 9.48 Å². The Balaban J connectivity index is 2.02. The second-order valence-electron chi connectivity index (χ2n) is 5.58. The van der Waals surface area contributed by atoms with Crippen molar-refractivity contribution in [1.29, 1.82) is 0 Å². The Labute approximate surface area is 121 Å². The number of nitrogens with one attached hydrogen (secondary N) is 1. The topological polar surface area (TPSA) is 46.9 Å². The van der Waals surface area contributed by atoms with Gasteiger partial charge in [0.1, 0.15) is 0 Å². The fourth-order valence-electron chi connectivity index (χ4n) is 2.11. The Bertz CT molecular complexity index is 506. The Morgan fingerprint density at radius 3 is 2.71 bits per heavy atom. The summed E-state index contributed by atoms with van der Waals surface area (Å²) in [5, 5.41) is 6.42. The second kappa shape index (κ2) is 6.07. The van der Waals surface area contributed by atoms with Crippen molar-refractivity contribution >= 4 is 5.91 Å². The fourth-order valence-corrected chi connectivity index (χ4v) is 2.11. The van der Waals surface area contributed by atoms with E-state index in [-0.39, 0.29) is 30.8 Å². The van der Waals surface area contributed by atoms with Gasteiger partial charge in [0.2, 0.25) is 5.91 Å². The molecule has 0 aromatic carbocycles. The first kappa shape index (κ1) is 15.9. The third kappa shape index (κ3) is 4.22. The number of alkyl halides is 3. The van der Waals surface area contributed by atoms with Gasteiger partial charge < -0.3 is 5.32 Å². The molecule has 1 saturated carbocycles. The Morgan fingerprint density at radius 2 is 2.19 bits per heavy atom. The third-order valence-electron chi connectivity index (χ3n) is 3.67. The van der Waals surface area contributed by atoms with Crippen LogP contribution in [-0.4, -0.2) is 21.7 Å². The van der Waals surface area contributed by atoms with E-state index in [1.807, 2.05) is 13.8 Å². The average Bonchev–Trinajstić information content (AvgIpc) is 3.14. The number of nitrogens with zero attached hydrogens (tertiary/aromatic N) is 2. The van der Waals surface area contributed by atoms with Crippen LogP contribution in [0.1, 0.15) is 56.8 Å². The predicted octanol–water partition coefficient (Wildman–Crippen LogP) is 3.08. The first-order chi connectivity index (χ1) is 9.81. The van der Waals surface area contributed by atoms with Crippen molar-refractivity contribution in [3.63, 3.8) is 0 Å². The highest BCUT2D eigenvalue weighted by Crippen LogP contribution is 2.42. The zero-order valence-corrected chi connectivity index (χ0v) is 12.2. The number of aromatic nitrogens is 2. The molecule has 0 aliphatic heterocycles. The van der Waals surface area contributed by atoms with Gasteiger partial charge in [-0.05, 0) is 32.3 Å². The maximum atomic E-state index is 12.7. The van der Waals surface area contributed by atoms with Gasteiger partial charge in [0, 0.05) is 30.6 Å². The maximum Gasteiger partial charge on any atom is 0.435 e. The monoisotopic (exact) mass is 303 g/mol. The summed E-state index contributed by atoms with van der Waals surface area (Å²) in [6.07, 6.45) is -1.69. The lowest BCUT2D eigenvalue weighted by Gasteiger charge is -2.12. The molecule has 4 nitrogen and oxygen atoms in total. The molecule has 1 N–H and O–H groups in total. The summed E-state index contributed by atoms with van der Waals surface area (Å²) in [4.78, 5) is 11.7. The molecule has 1 atom stereocenters. The lowest BCUT2D eigenvalue weighted by Crippen LogP contribution is -2.32. The number of hydrogen-bond donors (Lipinski definition) is 1. The minimum absolute atomic E-state index is 0.0729. The van der Waals surface area contributed by atoms with E-state index in [4.69, 9.17) is 0 Å². The Kier molecular flexibility index (Phi) is 4.58. The van der Waals surface area contributed by atoms with Gasteiger partial charge in [-0.1, -0.05) is 6.92 Å². The van der Waals surface area contributed by atoms with E-state index in [0.717, 1.165) is 25.3 Å². The molecule has 0 radical (unpaired) electrons. The molecule has 1 heterocycles. The van der Waals surface area contributed by atoms with Crippen LogP contribution in [0.3, 0.4) is 0 Å². The van der Waals surface area contributed by atoms with Crippen LogP contribution < -0.4 is 5.32 Å². The van der Waals surface area contributed by atoms with E-state index in [0.29, 0.717) is 5.69 Å². The number of carbonyl (C=O) groups is 1. The molecule has 1 aromatic heterocycles. The summed E-state index contributed by atoms with van der Waals surface area (Å²) in [7, 11) is 0. The van der Waals surface area contributed by atoms with Gasteiger partial charge in [-0.2, -0.15) is 18.3 Å². The smallest absolute Gasteiger partial charge is 0.354 e. The summed E-state index contributed by atoms with van der Waals surface area (Å²) in [5.41, 5.74) is -0.273. The number of aryl methyl sites for hydroxylation is 1. The quantitative estimate of drug-likeness (QED) is 0.878. The van der Waals surface area contributed by atoms with Crippen LogP contribution in [-0.2, 0) is 17.5 Å². The molecule has 0 bridgehead atoms. The van der Waals surface area contributed by atoms with Gasteiger partial charge in [0.25, 0.3) is 0 Å². The van der Waals surface area contributed by atoms with E-state index in [9.17, 15) is 18.0 Å². The number of carbonyl (C=O) groups excluding carboxylic acids is 1. The largest absolute Gasteiger partial charge is 0.435 e. The average molecular weight is 303 g/mol. The summed E-state index contributed by atoms with van der Waals surface area (Å²) >= 11 is 0. The van der Waals surface area contributed by atoms with Crippen LogP contribution in [0.4, 0.5) is 13.2 Å². The summed E-state index contributed by atoms with van der Waals surface area (Å²) < 4.78 is 39.5. The van der Waals surface area contributed by atoms with E-state index < -0.39 is 11.9 Å². The SMILES string of the molecule is CCC(C)NC(=O)CCn1nc(C(F)(F)F)cc1C1CC1. The minimum Gasteiger partial charge on any atom is -0.354 e. The lowest BCUT2D eigenvalue weighted by atomic mass is 10.2. The molecular weight excluding hydrogens is 283 g/mol. The van der Waals surface area contributed by atoms with Gasteiger partial charge in [-0.15, -0.1) is 0 Å². The fraction of sp³-hybridized carbons (Fsp3) is 0.714. The molecular formula is C14H20F3N3O. The molecule has 7 heteroatoms. The van der Waals surface area contributed by atoms with Gasteiger partial charge >= 0.3 is 6.18 Å². The molecule has 1 unspecified atom stereocenters. The number of halogens is 3. The van der Waals surface area contributed by atoms with Crippen LogP contribution in [0.5, 0.6) is 0 Å². The van der Waals surface area contributed by atoms with Crippen LogP contribution in [0.25, 0.3) is 0 Å². The summed E-state index contributed by atoms with van der Waals surface area (Å²) in [6.45, 7) is 4.03. The maximum absolute atomic E-state index is 12.7. The highest BCUT2D eigenvalue weighted by molar-refractivity contribution is 5.76. The Morgan fingerprint density at radius 1 is 1.52 bits per heavy atom. The van der Waals surface area contributed by atoms with E-state index in [1.54, 1.807) is 0 Å². The van der Waals surface area contributed by atoms with Crippen molar-refractivity contribution in [2.24, 2.45) is 0 Å². The van der Waals surface area contributed by atoms with E-state index in [1.165, 1.54) is 4.68 Å². The molecule has 1 aromatic rings. The molecule has 0 spiro atoms. The van der Waals surface area contributed by atoms with Crippen LogP contribution >= 0.6 is 0 Å². The zero-order chi connectivity index (χ0) is 15.6. The molecule has 1 aliphatic rings. The van der Waals surface area contributed by atoms with Crippen molar-refractivity contribution in [3.8, 4) is 0 Å². The van der Waals surface area contributed by atoms with Crippen molar-refractivity contribution < 1.29 is 18.0 Å². The molecule has 118 valence electrons. The first-order valence-electron chi connectivity index (χ1n) is 7.25. The minimum atomic E-state index is -4.44. The van der Waals surface area contributed by atoms with Gasteiger partial charge in [-0.25, -0.2) is 0 Å². The standard InChI is InChI=1S/C14H20F3N3O/c1-3-9(2)18-13(21)6-7-20-11(10-4-5-10)8-12(19-20)14(15,16)17/h8-10H,3-7H2,1-2H3,(H,18,21). The number of hydrogen-bond acceptors (Lipinski definition) is 2. The summed E-state index contributed by atoms with van der Waals surface area (Å²) in [6, 6.07) is 1.19. The molecule has 1 fully saturated rings. The molecule has 21 heavy (non-hydrogen) atoms. The second-order valence-corrected chi connectivity index (χ2v) is 5.58. The highest BCUT2D eigenvalue weighted by Gasteiger charge is 2.37. The predicted molar refractivity (Wildman–Crippen MR) is 71.7 cm³/mol. The molecule has 1 amide bonds. The van der Waals surface area contributed by atoms with Crippen LogP contribution in [0.2, 0.25) is 0 Å². The molecule has 1 aliphatic carbocycles. The molecule has 0 saturated heterocycles. The normalized spacial score (nSPS) is 16.8. The van der Waals surface area contributed by atoms with Gasteiger partial charge in [0.15, 0.2) is 5.69 Å². The number of rotatable bonds is 6. The van der Waals surface area contributed by atoms with Crippen molar-refractivity contribution in [3.05, 3.63) is 17.5 Å². The number of amides is 1. The molecule has 2 rings (SSSR count). The van der Waals surface area contributed by atoms with Crippen LogP contribution in [0, 0.1) is 0 Å². The van der Waals surface area contributed by atoms with Crippen LogP contribution in [0.15, 0.2) is 6.07 Å². The first-order valence-corrected chi connectivity index (χ1v) is 7.25. The summed E-state index contributed by atoms with van der Waals surface area (Å²) in [5.74, 6) is 0.00128.